The average Bonchev–Trinajstić information content (AvgIpc) is 2.39. The second-order valence-corrected chi connectivity index (χ2v) is 4.24. The molecule has 2 unspecified atom stereocenters. The molecule has 7 nitrogen and oxygen atoms in total. The third-order valence-electron chi connectivity index (χ3n) is 2.94. The van der Waals surface area contributed by atoms with E-state index >= 15 is 0 Å². The molecule has 1 aliphatic heterocycles. The monoisotopic (exact) mass is 253 g/mol. The van der Waals surface area contributed by atoms with Crippen LogP contribution in [0.25, 0.3) is 0 Å². The predicted molar refractivity (Wildman–Crippen MR) is 64.5 cm³/mol. The largest absolute Gasteiger partial charge is 0.394 e. The fraction of sp³-hybridized carbons (Fsp3) is 0.545. The number of hydrogen-bond acceptors (Lipinski definition) is 6. The number of hydrogen-bond donors (Lipinski definition) is 1. The summed E-state index contributed by atoms with van der Waals surface area (Å²) in [7, 11) is 0. The second kappa shape index (κ2) is 5.28. The standard InChI is InChI=1S/C11H15N3O4/c1-8-7-18-9(6-15)5-13(8)11-10(14(16)17)3-2-4-12-11/h2-4,8-9,15H,5-7H2,1H3. The minimum Gasteiger partial charge on any atom is -0.394 e. The number of nitro groups is 1. The Morgan fingerprint density at radius 3 is 3.17 bits per heavy atom. The topological polar surface area (TPSA) is 88.7 Å². The van der Waals surface area contributed by atoms with Crippen LogP contribution in [0.15, 0.2) is 18.3 Å². The van der Waals surface area contributed by atoms with Gasteiger partial charge in [0.25, 0.3) is 0 Å². The van der Waals surface area contributed by atoms with Gasteiger partial charge in [0, 0.05) is 18.8 Å². The Bertz CT molecular complexity index is 440. The van der Waals surface area contributed by atoms with Crippen molar-refractivity contribution in [1.82, 2.24) is 4.98 Å². The Kier molecular flexibility index (Phi) is 3.73. The van der Waals surface area contributed by atoms with E-state index < -0.39 is 4.92 Å². The highest BCUT2D eigenvalue weighted by Gasteiger charge is 2.30. The number of morpholine rings is 1. The van der Waals surface area contributed by atoms with Gasteiger partial charge in [-0.05, 0) is 13.0 Å². The fourth-order valence-electron chi connectivity index (χ4n) is 1.98. The minimum absolute atomic E-state index is 0.0126. The molecular weight excluding hydrogens is 238 g/mol. The van der Waals surface area contributed by atoms with E-state index in [0.717, 1.165) is 0 Å². The molecule has 0 saturated carbocycles. The molecule has 18 heavy (non-hydrogen) atoms. The van der Waals surface area contributed by atoms with Crippen molar-refractivity contribution in [2.24, 2.45) is 0 Å². The number of rotatable bonds is 3. The average molecular weight is 253 g/mol. The summed E-state index contributed by atoms with van der Waals surface area (Å²) in [5, 5.41) is 20.1. The molecule has 2 rings (SSSR count). The number of aromatic nitrogens is 1. The van der Waals surface area contributed by atoms with Gasteiger partial charge in [-0.15, -0.1) is 0 Å². The van der Waals surface area contributed by atoms with Gasteiger partial charge in [0.1, 0.15) is 0 Å². The lowest BCUT2D eigenvalue weighted by molar-refractivity contribution is -0.384. The zero-order valence-electron chi connectivity index (χ0n) is 10.0. The normalized spacial score (nSPS) is 24.0. The first kappa shape index (κ1) is 12.7. The van der Waals surface area contributed by atoms with Gasteiger partial charge in [-0.25, -0.2) is 4.98 Å². The van der Waals surface area contributed by atoms with Gasteiger partial charge in [-0.1, -0.05) is 0 Å². The maximum Gasteiger partial charge on any atom is 0.311 e. The van der Waals surface area contributed by atoms with Gasteiger partial charge in [0.05, 0.1) is 30.3 Å². The van der Waals surface area contributed by atoms with Crippen molar-refractivity contribution in [2.75, 3.05) is 24.7 Å². The van der Waals surface area contributed by atoms with Crippen LogP contribution in [0.4, 0.5) is 11.5 Å². The molecule has 0 aromatic carbocycles. The molecule has 1 aromatic heterocycles. The second-order valence-electron chi connectivity index (χ2n) is 4.24. The predicted octanol–water partition coefficient (Wildman–Crippen LogP) is 0.576. The summed E-state index contributed by atoms with van der Waals surface area (Å²) in [5.74, 6) is 0.330. The van der Waals surface area contributed by atoms with Crippen LogP contribution in [0.1, 0.15) is 6.92 Å². The van der Waals surface area contributed by atoms with Crippen LogP contribution in [-0.2, 0) is 4.74 Å². The van der Waals surface area contributed by atoms with Crippen molar-refractivity contribution in [2.45, 2.75) is 19.1 Å². The summed E-state index contributed by atoms with van der Waals surface area (Å²) < 4.78 is 5.40. The van der Waals surface area contributed by atoms with E-state index in [4.69, 9.17) is 9.84 Å². The molecule has 1 aromatic rings. The van der Waals surface area contributed by atoms with Crippen molar-refractivity contribution in [3.63, 3.8) is 0 Å². The van der Waals surface area contributed by atoms with E-state index in [2.05, 4.69) is 4.98 Å². The van der Waals surface area contributed by atoms with Crippen molar-refractivity contribution >= 4 is 11.5 Å². The number of nitrogens with zero attached hydrogens (tertiary/aromatic N) is 3. The summed E-state index contributed by atoms with van der Waals surface area (Å²) in [6.07, 6.45) is 1.20. The molecule has 1 aliphatic rings. The number of ether oxygens (including phenoxy) is 1. The van der Waals surface area contributed by atoms with Crippen molar-refractivity contribution in [3.05, 3.63) is 28.4 Å². The molecule has 98 valence electrons. The lowest BCUT2D eigenvalue weighted by Gasteiger charge is -2.37. The molecule has 2 heterocycles. The number of pyridine rings is 1. The van der Waals surface area contributed by atoms with E-state index in [1.165, 1.54) is 18.3 Å². The van der Waals surface area contributed by atoms with E-state index in [0.29, 0.717) is 19.0 Å². The number of anilines is 1. The van der Waals surface area contributed by atoms with Gasteiger partial charge >= 0.3 is 5.69 Å². The quantitative estimate of drug-likeness (QED) is 0.626. The summed E-state index contributed by atoms with van der Waals surface area (Å²) in [6.45, 7) is 2.62. The van der Waals surface area contributed by atoms with Crippen LogP contribution in [0, 0.1) is 10.1 Å². The third-order valence-corrected chi connectivity index (χ3v) is 2.94. The molecule has 1 N–H and O–H groups in total. The number of aliphatic hydroxyl groups excluding tert-OH is 1. The van der Waals surface area contributed by atoms with Crippen molar-refractivity contribution in [1.29, 1.82) is 0 Å². The minimum atomic E-state index is -0.446. The van der Waals surface area contributed by atoms with Crippen LogP contribution < -0.4 is 4.90 Å². The first-order valence-corrected chi connectivity index (χ1v) is 5.72. The Labute approximate surface area is 104 Å². The van der Waals surface area contributed by atoms with E-state index in [1.807, 2.05) is 11.8 Å². The Morgan fingerprint density at radius 1 is 1.72 bits per heavy atom. The van der Waals surface area contributed by atoms with Gasteiger partial charge in [-0.2, -0.15) is 0 Å². The molecule has 0 radical (unpaired) electrons. The maximum atomic E-state index is 11.0. The summed E-state index contributed by atoms with van der Waals surface area (Å²) in [5.41, 5.74) is -0.0251. The smallest absolute Gasteiger partial charge is 0.311 e. The van der Waals surface area contributed by atoms with Crippen LogP contribution in [0.5, 0.6) is 0 Å². The van der Waals surface area contributed by atoms with Gasteiger partial charge in [-0.3, -0.25) is 10.1 Å². The van der Waals surface area contributed by atoms with Gasteiger partial charge in [0.2, 0.25) is 5.82 Å². The highest BCUT2D eigenvalue weighted by atomic mass is 16.6. The molecule has 1 fully saturated rings. The van der Waals surface area contributed by atoms with E-state index in [-0.39, 0.29) is 24.4 Å². The summed E-state index contributed by atoms with van der Waals surface area (Å²) in [6, 6.07) is 2.95. The Balaban J connectivity index is 2.31. The Hall–Kier alpha value is -1.73. The van der Waals surface area contributed by atoms with Crippen LogP contribution in [0.3, 0.4) is 0 Å². The summed E-state index contributed by atoms with van der Waals surface area (Å²) >= 11 is 0. The zero-order chi connectivity index (χ0) is 13.1. The van der Waals surface area contributed by atoms with Crippen molar-refractivity contribution in [3.8, 4) is 0 Å². The highest BCUT2D eigenvalue weighted by Crippen LogP contribution is 2.28. The molecular formula is C11H15N3O4. The molecule has 0 spiro atoms. The van der Waals surface area contributed by atoms with Crippen LogP contribution in [0.2, 0.25) is 0 Å². The van der Waals surface area contributed by atoms with E-state index in [9.17, 15) is 10.1 Å². The molecule has 2 atom stereocenters. The summed E-state index contributed by atoms with van der Waals surface area (Å²) in [4.78, 5) is 16.4. The molecule has 0 aliphatic carbocycles. The lowest BCUT2D eigenvalue weighted by atomic mass is 10.2. The molecule has 1 saturated heterocycles. The lowest BCUT2D eigenvalue weighted by Crippen LogP contribution is -2.50. The molecule has 0 bridgehead atoms. The van der Waals surface area contributed by atoms with Gasteiger partial charge < -0.3 is 14.7 Å². The SMILES string of the molecule is CC1COC(CO)CN1c1ncccc1[N+](=O)[O-]. The first-order chi connectivity index (χ1) is 8.63. The van der Waals surface area contributed by atoms with Crippen LogP contribution >= 0.6 is 0 Å². The number of aliphatic hydroxyl groups is 1. The Morgan fingerprint density at radius 2 is 2.50 bits per heavy atom. The molecule has 7 heteroatoms. The third kappa shape index (κ3) is 2.41. The maximum absolute atomic E-state index is 11.0. The zero-order valence-corrected chi connectivity index (χ0v) is 10.0. The highest BCUT2D eigenvalue weighted by molar-refractivity contribution is 5.58. The molecule has 0 amide bonds. The van der Waals surface area contributed by atoms with Crippen LogP contribution in [-0.4, -0.2) is 46.9 Å². The van der Waals surface area contributed by atoms with Gasteiger partial charge in [0.15, 0.2) is 0 Å². The fourth-order valence-corrected chi connectivity index (χ4v) is 1.98. The van der Waals surface area contributed by atoms with Crippen molar-refractivity contribution < 1.29 is 14.8 Å². The first-order valence-electron chi connectivity index (χ1n) is 5.72. The van der Waals surface area contributed by atoms with E-state index in [1.54, 1.807) is 0 Å².